The molecule has 12 nitrogen and oxygen atoms in total. The smallest absolute Gasteiger partial charge is 0.269 e. The summed E-state index contributed by atoms with van der Waals surface area (Å²) in [5.74, 6) is -0.0784. The molecule has 192 valence electrons. The SMILES string of the molecule is Cc1cnc(NC(=O)C(COC2CCC2)Oc2ncnc3c2cnn3-c2ccccc2S(C)(=O)=O)cn1. The predicted molar refractivity (Wildman–Crippen MR) is 133 cm³/mol. The highest BCUT2D eigenvalue weighted by molar-refractivity contribution is 7.90. The van der Waals surface area contributed by atoms with Crippen LogP contribution in [0.1, 0.15) is 25.0 Å². The third kappa shape index (κ3) is 5.42. The van der Waals surface area contributed by atoms with Crippen molar-refractivity contribution in [2.75, 3.05) is 18.2 Å². The van der Waals surface area contributed by atoms with Gasteiger partial charge in [0.25, 0.3) is 5.91 Å². The molecule has 1 unspecified atom stereocenters. The summed E-state index contributed by atoms with van der Waals surface area (Å²) in [7, 11) is -3.53. The summed E-state index contributed by atoms with van der Waals surface area (Å²) >= 11 is 0. The molecule has 3 heterocycles. The second kappa shape index (κ2) is 10.2. The molecule has 0 saturated heterocycles. The van der Waals surface area contributed by atoms with Crippen molar-refractivity contribution in [3.8, 4) is 11.6 Å². The Morgan fingerprint density at radius 1 is 1.14 bits per heavy atom. The molecular weight excluding hydrogens is 498 g/mol. The monoisotopic (exact) mass is 523 g/mol. The Hall–Kier alpha value is -3.97. The van der Waals surface area contributed by atoms with Gasteiger partial charge in [-0.25, -0.2) is 28.1 Å². The van der Waals surface area contributed by atoms with Crippen molar-refractivity contribution in [2.24, 2.45) is 0 Å². The number of carbonyl (C=O) groups excluding carboxylic acids is 1. The van der Waals surface area contributed by atoms with E-state index in [0.717, 1.165) is 31.2 Å². The second-order valence-corrected chi connectivity index (χ2v) is 10.7. The lowest BCUT2D eigenvalue weighted by Gasteiger charge is -2.27. The Kier molecular flexibility index (Phi) is 6.80. The molecule has 0 bridgehead atoms. The van der Waals surface area contributed by atoms with Crippen LogP contribution >= 0.6 is 0 Å². The summed E-state index contributed by atoms with van der Waals surface area (Å²) < 4.78 is 38.0. The maximum absolute atomic E-state index is 13.1. The fraction of sp³-hybridized carbons (Fsp3) is 0.333. The van der Waals surface area contributed by atoms with Crippen LogP contribution in [0.15, 0.2) is 54.1 Å². The standard InChI is InChI=1S/C24H25N7O5S/c1-15-10-26-21(12-25-15)30-23(32)19(13-35-16-6-5-7-16)36-24-17-11-29-31(22(17)27-14-28-24)18-8-3-4-9-20(18)37(2,33)34/h3-4,8-12,14,16,19H,5-7,13H2,1-2H3,(H,26,30,32). The normalized spacial score (nSPS) is 14.8. The quantitative estimate of drug-likeness (QED) is 0.346. The van der Waals surface area contributed by atoms with Crippen LogP contribution in [0.5, 0.6) is 5.88 Å². The van der Waals surface area contributed by atoms with Crippen molar-refractivity contribution >= 4 is 32.6 Å². The maximum Gasteiger partial charge on any atom is 0.269 e. The fourth-order valence-electron chi connectivity index (χ4n) is 3.76. The van der Waals surface area contributed by atoms with Crippen LogP contribution in [0.25, 0.3) is 16.7 Å². The lowest BCUT2D eigenvalue weighted by molar-refractivity contribution is -0.128. The van der Waals surface area contributed by atoms with Crippen molar-refractivity contribution in [3.05, 3.63) is 54.9 Å². The molecule has 0 radical (unpaired) electrons. The number of amides is 1. The third-order valence-electron chi connectivity index (χ3n) is 5.94. The molecule has 1 amide bonds. The molecule has 1 aliphatic carbocycles. The molecule has 13 heteroatoms. The first-order valence-corrected chi connectivity index (χ1v) is 13.5. The summed E-state index contributed by atoms with van der Waals surface area (Å²) in [6, 6.07) is 6.49. The molecule has 1 aliphatic rings. The zero-order valence-corrected chi connectivity index (χ0v) is 21.1. The van der Waals surface area contributed by atoms with Crippen LogP contribution in [-0.2, 0) is 19.4 Å². The number of nitrogens with one attached hydrogen (secondary N) is 1. The summed E-state index contributed by atoms with van der Waals surface area (Å²) in [4.78, 5) is 30.0. The molecule has 1 atom stereocenters. The number of anilines is 1. The molecule has 37 heavy (non-hydrogen) atoms. The van der Waals surface area contributed by atoms with E-state index in [1.165, 1.54) is 29.5 Å². The number of benzene rings is 1. The minimum absolute atomic E-state index is 0.00628. The molecule has 3 aromatic heterocycles. The number of fused-ring (bicyclic) bond motifs is 1. The first-order chi connectivity index (χ1) is 17.8. The molecule has 1 N–H and O–H groups in total. The van der Waals surface area contributed by atoms with E-state index in [-0.39, 0.29) is 29.3 Å². The van der Waals surface area contributed by atoms with E-state index in [9.17, 15) is 13.2 Å². The number of sulfone groups is 1. The summed E-state index contributed by atoms with van der Waals surface area (Å²) in [5.41, 5.74) is 1.38. The van der Waals surface area contributed by atoms with Crippen molar-refractivity contribution in [1.29, 1.82) is 0 Å². The number of hydrogen-bond acceptors (Lipinski definition) is 10. The van der Waals surface area contributed by atoms with E-state index in [1.807, 2.05) is 0 Å². The Morgan fingerprint density at radius 3 is 2.65 bits per heavy atom. The van der Waals surface area contributed by atoms with Gasteiger partial charge in [-0.1, -0.05) is 12.1 Å². The number of para-hydroxylation sites is 1. The van der Waals surface area contributed by atoms with Crippen LogP contribution in [0.3, 0.4) is 0 Å². The van der Waals surface area contributed by atoms with E-state index in [1.54, 1.807) is 31.3 Å². The van der Waals surface area contributed by atoms with E-state index in [2.05, 4.69) is 30.4 Å². The van der Waals surface area contributed by atoms with Gasteiger partial charge in [-0.2, -0.15) is 5.10 Å². The molecule has 1 fully saturated rings. The largest absolute Gasteiger partial charge is 0.461 e. The molecule has 0 spiro atoms. The summed E-state index contributed by atoms with van der Waals surface area (Å²) in [6.45, 7) is 1.80. The van der Waals surface area contributed by atoms with Crippen LogP contribution in [0.4, 0.5) is 5.82 Å². The summed E-state index contributed by atoms with van der Waals surface area (Å²) in [5, 5.41) is 7.45. The third-order valence-corrected chi connectivity index (χ3v) is 7.08. The zero-order chi connectivity index (χ0) is 26.0. The Labute approximate surface area is 213 Å². The number of rotatable bonds is 9. The van der Waals surface area contributed by atoms with E-state index in [4.69, 9.17) is 9.47 Å². The number of ether oxygens (including phenoxy) is 2. The zero-order valence-electron chi connectivity index (χ0n) is 20.2. The topological polar surface area (TPSA) is 151 Å². The summed E-state index contributed by atoms with van der Waals surface area (Å²) in [6.07, 6.45) is 8.86. The average molecular weight is 524 g/mol. The second-order valence-electron chi connectivity index (χ2n) is 8.74. The molecule has 1 aromatic carbocycles. The van der Waals surface area contributed by atoms with Gasteiger partial charge in [0.1, 0.15) is 11.7 Å². The van der Waals surface area contributed by atoms with Crippen molar-refractivity contribution < 1.29 is 22.7 Å². The highest BCUT2D eigenvalue weighted by Crippen LogP contribution is 2.28. The van der Waals surface area contributed by atoms with Gasteiger partial charge in [0, 0.05) is 6.26 Å². The van der Waals surface area contributed by atoms with Gasteiger partial charge in [-0.3, -0.25) is 9.78 Å². The van der Waals surface area contributed by atoms with Gasteiger partial charge in [-0.05, 0) is 38.3 Å². The predicted octanol–water partition coefficient (Wildman–Crippen LogP) is 2.27. The van der Waals surface area contributed by atoms with Crippen LogP contribution in [0, 0.1) is 6.92 Å². The average Bonchev–Trinajstić information content (AvgIpc) is 3.28. The molecular formula is C24H25N7O5S. The van der Waals surface area contributed by atoms with E-state index >= 15 is 0 Å². The van der Waals surface area contributed by atoms with Gasteiger partial charge < -0.3 is 14.8 Å². The van der Waals surface area contributed by atoms with Gasteiger partial charge in [-0.15, -0.1) is 0 Å². The number of nitrogens with zero attached hydrogens (tertiary/aromatic N) is 6. The number of carbonyl (C=O) groups is 1. The highest BCUT2D eigenvalue weighted by Gasteiger charge is 2.28. The van der Waals surface area contributed by atoms with Crippen LogP contribution in [0.2, 0.25) is 0 Å². The number of aromatic nitrogens is 6. The number of aryl methyl sites for hydroxylation is 1. The van der Waals surface area contributed by atoms with Gasteiger partial charge in [0.2, 0.25) is 12.0 Å². The Balaban J connectivity index is 1.45. The molecule has 1 saturated carbocycles. The first kappa shape index (κ1) is 24.7. The number of hydrogen-bond donors (Lipinski definition) is 1. The van der Waals surface area contributed by atoms with Gasteiger partial charge >= 0.3 is 0 Å². The Bertz CT molecular complexity index is 1530. The lowest BCUT2D eigenvalue weighted by Crippen LogP contribution is -2.39. The van der Waals surface area contributed by atoms with Gasteiger partial charge in [0.15, 0.2) is 21.3 Å². The fourth-order valence-corrected chi connectivity index (χ4v) is 4.62. The van der Waals surface area contributed by atoms with Crippen molar-refractivity contribution in [3.63, 3.8) is 0 Å². The van der Waals surface area contributed by atoms with Crippen molar-refractivity contribution in [2.45, 2.75) is 43.3 Å². The minimum atomic E-state index is -3.53. The minimum Gasteiger partial charge on any atom is -0.461 e. The highest BCUT2D eigenvalue weighted by atomic mass is 32.2. The van der Waals surface area contributed by atoms with E-state index in [0.29, 0.717) is 16.7 Å². The molecule has 0 aliphatic heterocycles. The first-order valence-electron chi connectivity index (χ1n) is 11.7. The Morgan fingerprint density at radius 2 is 1.95 bits per heavy atom. The molecule has 4 aromatic rings. The van der Waals surface area contributed by atoms with Crippen LogP contribution < -0.4 is 10.1 Å². The van der Waals surface area contributed by atoms with E-state index < -0.39 is 21.8 Å². The van der Waals surface area contributed by atoms with Gasteiger partial charge in [0.05, 0.1) is 47.6 Å². The van der Waals surface area contributed by atoms with Crippen LogP contribution in [-0.4, -0.2) is 69.1 Å². The lowest BCUT2D eigenvalue weighted by atomic mass is 9.96. The maximum atomic E-state index is 13.1. The molecule has 5 rings (SSSR count). The van der Waals surface area contributed by atoms with Crippen molar-refractivity contribution in [1.82, 2.24) is 29.7 Å².